The molecule has 0 unspecified atom stereocenters. The molecule has 0 bridgehead atoms. The molecule has 1 N–H and O–H groups in total. The molecule has 0 atom stereocenters. The van der Waals surface area contributed by atoms with Crippen LogP contribution >= 0.6 is 0 Å². The normalized spacial score (nSPS) is 9.47. The van der Waals surface area contributed by atoms with E-state index in [1.807, 2.05) is 30.3 Å². The standard InChI is InChI=1S/C13H15NO5/c15-10-14-19-13(17)7-6-12(16)18-9-8-11-4-2-1-3-5-11/h1-5,10H,6-9H2,(H,14,15). The molecule has 102 valence electrons. The smallest absolute Gasteiger partial charge is 0.332 e. The van der Waals surface area contributed by atoms with Gasteiger partial charge in [-0.25, -0.2) is 4.79 Å². The average molecular weight is 265 g/mol. The zero-order chi connectivity index (χ0) is 13.9. The molecule has 0 spiro atoms. The number of hydrogen-bond donors (Lipinski definition) is 1. The predicted molar refractivity (Wildman–Crippen MR) is 65.6 cm³/mol. The first-order valence-electron chi connectivity index (χ1n) is 5.81. The highest BCUT2D eigenvalue weighted by Crippen LogP contribution is 2.01. The van der Waals surface area contributed by atoms with Crippen LogP contribution in [0, 0.1) is 0 Å². The zero-order valence-corrected chi connectivity index (χ0v) is 10.3. The number of benzene rings is 1. The molecule has 0 radical (unpaired) electrons. The lowest BCUT2D eigenvalue weighted by Gasteiger charge is -2.04. The van der Waals surface area contributed by atoms with Crippen molar-refractivity contribution in [3.05, 3.63) is 35.9 Å². The first-order chi connectivity index (χ1) is 9.22. The number of hydrogen-bond acceptors (Lipinski definition) is 5. The van der Waals surface area contributed by atoms with E-state index in [1.165, 1.54) is 0 Å². The molecule has 0 aromatic heterocycles. The van der Waals surface area contributed by atoms with Gasteiger partial charge in [0, 0.05) is 6.42 Å². The molecule has 1 amide bonds. The van der Waals surface area contributed by atoms with Crippen LogP contribution in [-0.2, 0) is 30.4 Å². The maximum Gasteiger partial charge on any atom is 0.332 e. The van der Waals surface area contributed by atoms with Crippen molar-refractivity contribution >= 4 is 18.3 Å². The molecule has 0 aliphatic carbocycles. The summed E-state index contributed by atoms with van der Waals surface area (Å²) in [6.07, 6.45) is 0.652. The summed E-state index contributed by atoms with van der Waals surface area (Å²) in [5.74, 6) is -1.16. The van der Waals surface area contributed by atoms with Crippen LogP contribution < -0.4 is 5.48 Å². The van der Waals surface area contributed by atoms with E-state index < -0.39 is 11.9 Å². The van der Waals surface area contributed by atoms with Gasteiger partial charge in [-0.3, -0.25) is 9.59 Å². The Labute approximate surface area is 110 Å². The fourth-order valence-electron chi connectivity index (χ4n) is 1.34. The number of carbonyl (C=O) groups is 3. The molecule has 0 aliphatic rings. The Kier molecular flexibility index (Phi) is 6.71. The van der Waals surface area contributed by atoms with Crippen molar-refractivity contribution in [1.29, 1.82) is 0 Å². The molecular formula is C13H15NO5. The fourth-order valence-corrected chi connectivity index (χ4v) is 1.34. The Morgan fingerprint density at radius 2 is 1.79 bits per heavy atom. The van der Waals surface area contributed by atoms with Crippen molar-refractivity contribution < 1.29 is 24.0 Å². The highest BCUT2D eigenvalue weighted by molar-refractivity contribution is 5.77. The van der Waals surface area contributed by atoms with Crippen LogP contribution in [0.2, 0.25) is 0 Å². The van der Waals surface area contributed by atoms with Gasteiger partial charge in [-0.1, -0.05) is 30.3 Å². The van der Waals surface area contributed by atoms with Gasteiger partial charge in [0.05, 0.1) is 19.4 Å². The molecule has 1 aromatic rings. The van der Waals surface area contributed by atoms with Gasteiger partial charge in [-0.05, 0) is 5.56 Å². The van der Waals surface area contributed by atoms with Crippen molar-refractivity contribution in [2.45, 2.75) is 19.3 Å². The fraction of sp³-hybridized carbons (Fsp3) is 0.308. The lowest BCUT2D eigenvalue weighted by molar-refractivity contribution is -0.157. The Balaban J connectivity index is 2.11. The summed E-state index contributed by atoms with van der Waals surface area (Å²) in [5.41, 5.74) is 2.83. The molecule has 6 nitrogen and oxygen atoms in total. The highest BCUT2D eigenvalue weighted by Gasteiger charge is 2.09. The van der Waals surface area contributed by atoms with E-state index in [0.29, 0.717) is 6.42 Å². The van der Waals surface area contributed by atoms with Gasteiger partial charge in [0.1, 0.15) is 0 Å². The minimum atomic E-state index is -0.688. The molecular weight excluding hydrogens is 250 g/mol. The second-order valence-corrected chi connectivity index (χ2v) is 3.67. The van der Waals surface area contributed by atoms with E-state index in [1.54, 1.807) is 5.48 Å². The maximum absolute atomic E-state index is 11.3. The van der Waals surface area contributed by atoms with Crippen LogP contribution in [0.1, 0.15) is 18.4 Å². The van der Waals surface area contributed by atoms with Crippen LogP contribution in [-0.4, -0.2) is 25.0 Å². The number of amides is 1. The van der Waals surface area contributed by atoms with E-state index >= 15 is 0 Å². The Hall–Kier alpha value is -2.37. The van der Waals surface area contributed by atoms with Gasteiger partial charge >= 0.3 is 11.9 Å². The summed E-state index contributed by atoms with van der Waals surface area (Å²) < 4.78 is 4.96. The molecule has 0 heterocycles. The topological polar surface area (TPSA) is 81.7 Å². The predicted octanol–water partition coefficient (Wildman–Crippen LogP) is 0.757. The molecule has 1 rings (SSSR count). The quantitative estimate of drug-likeness (QED) is 0.426. The monoisotopic (exact) mass is 265 g/mol. The van der Waals surface area contributed by atoms with Gasteiger partial charge in [0.2, 0.25) is 6.41 Å². The third-order valence-electron chi connectivity index (χ3n) is 2.25. The highest BCUT2D eigenvalue weighted by atomic mass is 16.7. The molecule has 1 aromatic carbocycles. The summed E-state index contributed by atoms with van der Waals surface area (Å²) in [7, 11) is 0. The molecule has 0 aliphatic heterocycles. The first kappa shape index (κ1) is 14.7. The molecule has 0 saturated heterocycles. The van der Waals surface area contributed by atoms with Crippen molar-refractivity contribution in [2.75, 3.05) is 6.61 Å². The largest absolute Gasteiger partial charge is 0.465 e. The second kappa shape index (κ2) is 8.68. The first-order valence-corrected chi connectivity index (χ1v) is 5.81. The van der Waals surface area contributed by atoms with Gasteiger partial charge < -0.3 is 9.57 Å². The van der Waals surface area contributed by atoms with Crippen LogP contribution in [0.3, 0.4) is 0 Å². The van der Waals surface area contributed by atoms with Gasteiger partial charge in [0.15, 0.2) is 0 Å². The van der Waals surface area contributed by atoms with E-state index in [4.69, 9.17) is 4.74 Å². The summed E-state index contributed by atoms with van der Waals surface area (Å²) in [6.45, 7) is 0.268. The third-order valence-corrected chi connectivity index (χ3v) is 2.25. The van der Waals surface area contributed by atoms with Gasteiger partial charge in [-0.2, -0.15) is 5.48 Å². The van der Waals surface area contributed by atoms with Crippen LogP contribution in [0.4, 0.5) is 0 Å². The molecule has 0 saturated carbocycles. The summed E-state index contributed by atoms with van der Waals surface area (Å²) in [4.78, 5) is 36.3. The third kappa shape index (κ3) is 6.82. The average Bonchev–Trinajstić information content (AvgIpc) is 2.44. The number of esters is 1. The lowest BCUT2D eigenvalue weighted by Crippen LogP contribution is -2.19. The summed E-state index contributed by atoms with van der Waals surface area (Å²) in [6, 6.07) is 9.61. The Morgan fingerprint density at radius 3 is 2.47 bits per heavy atom. The number of rotatable bonds is 8. The minimum absolute atomic E-state index is 0.0752. The SMILES string of the molecule is O=CNOC(=O)CCC(=O)OCCc1ccccc1. The van der Waals surface area contributed by atoms with Crippen LogP contribution in [0.5, 0.6) is 0 Å². The van der Waals surface area contributed by atoms with Crippen molar-refractivity contribution in [3.63, 3.8) is 0 Å². The van der Waals surface area contributed by atoms with Gasteiger partial charge in [0.25, 0.3) is 0 Å². The summed E-state index contributed by atoms with van der Waals surface area (Å²) >= 11 is 0. The van der Waals surface area contributed by atoms with Gasteiger partial charge in [-0.15, -0.1) is 0 Å². The zero-order valence-electron chi connectivity index (χ0n) is 10.3. The molecule has 0 fully saturated rings. The second-order valence-electron chi connectivity index (χ2n) is 3.67. The number of carbonyl (C=O) groups excluding carboxylic acids is 3. The van der Waals surface area contributed by atoms with E-state index in [9.17, 15) is 14.4 Å². The number of hydroxylamine groups is 1. The maximum atomic E-state index is 11.3. The number of nitrogens with one attached hydrogen (secondary N) is 1. The van der Waals surface area contributed by atoms with Crippen LogP contribution in [0.15, 0.2) is 30.3 Å². The summed E-state index contributed by atoms with van der Waals surface area (Å²) in [5, 5.41) is 0. The Bertz CT molecular complexity index is 418. The van der Waals surface area contributed by atoms with Crippen molar-refractivity contribution in [1.82, 2.24) is 5.48 Å². The van der Waals surface area contributed by atoms with E-state index in [-0.39, 0.29) is 25.9 Å². The lowest BCUT2D eigenvalue weighted by atomic mass is 10.2. The van der Waals surface area contributed by atoms with E-state index in [0.717, 1.165) is 5.56 Å². The Morgan fingerprint density at radius 1 is 1.11 bits per heavy atom. The van der Waals surface area contributed by atoms with Crippen LogP contribution in [0.25, 0.3) is 0 Å². The van der Waals surface area contributed by atoms with Crippen molar-refractivity contribution in [2.24, 2.45) is 0 Å². The minimum Gasteiger partial charge on any atom is -0.465 e. The number of ether oxygens (including phenoxy) is 1. The van der Waals surface area contributed by atoms with E-state index in [2.05, 4.69) is 4.84 Å². The molecule has 6 heteroatoms. The van der Waals surface area contributed by atoms with Crippen molar-refractivity contribution in [3.8, 4) is 0 Å². The molecule has 19 heavy (non-hydrogen) atoms.